The van der Waals surface area contributed by atoms with Crippen molar-refractivity contribution < 1.29 is 4.79 Å². The molecule has 24 heavy (non-hydrogen) atoms. The maximum Gasteiger partial charge on any atom is 0.234 e. The van der Waals surface area contributed by atoms with Crippen molar-refractivity contribution in [1.82, 2.24) is 15.1 Å². The van der Waals surface area contributed by atoms with Crippen molar-refractivity contribution in [2.24, 2.45) is 0 Å². The number of carbonyl (C=O) groups excluding carboxylic acids is 1. The first kappa shape index (κ1) is 17.7. The van der Waals surface area contributed by atoms with Gasteiger partial charge in [0.15, 0.2) is 8.68 Å². The number of benzene rings is 1. The first-order chi connectivity index (χ1) is 11.7. The van der Waals surface area contributed by atoms with Crippen molar-refractivity contribution in [2.45, 2.75) is 28.1 Å². The van der Waals surface area contributed by atoms with Crippen LogP contribution in [0.2, 0.25) is 0 Å². The van der Waals surface area contributed by atoms with Gasteiger partial charge in [-0.25, -0.2) is 0 Å². The van der Waals surface area contributed by atoms with Gasteiger partial charge in [-0.15, -0.1) is 10.2 Å². The zero-order chi connectivity index (χ0) is 16.8. The summed E-state index contributed by atoms with van der Waals surface area (Å²) in [4.78, 5) is 14.5. The molecule has 1 N–H and O–H groups in total. The smallest absolute Gasteiger partial charge is 0.234 e. The molecule has 0 saturated carbocycles. The van der Waals surface area contributed by atoms with Gasteiger partial charge in [-0.05, 0) is 49.9 Å². The van der Waals surface area contributed by atoms with Gasteiger partial charge >= 0.3 is 0 Å². The summed E-state index contributed by atoms with van der Waals surface area (Å²) in [5.74, 6) is 0.326. The van der Waals surface area contributed by atoms with Gasteiger partial charge in [0.2, 0.25) is 5.91 Å². The van der Waals surface area contributed by atoms with Crippen LogP contribution in [0.4, 0.5) is 5.69 Å². The first-order valence-electron chi connectivity index (χ1n) is 7.84. The Hall–Kier alpha value is -1.09. The Morgan fingerprint density at radius 3 is 2.58 bits per heavy atom. The lowest BCUT2D eigenvalue weighted by molar-refractivity contribution is -0.113. The summed E-state index contributed by atoms with van der Waals surface area (Å²) in [6.07, 6.45) is 4.58. The molecule has 128 valence electrons. The first-order valence-corrected chi connectivity index (χ1v) is 10.9. The summed E-state index contributed by atoms with van der Waals surface area (Å²) in [7, 11) is 0. The molecule has 2 heterocycles. The van der Waals surface area contributed by atoms with Gasteiger partial charge in [-0.2, -0.15) is 0 Å². The minimum atomic E-state index is -0.0202. The average molecular weight is 381 g/mol. The fourth-order valence-corrected chi connectivity index (χ4v) is 4.79. The lowest BCUT2D eigenvalue weighted by Crippen LogP contribution is -2.18. The summed E-state index contributed by atoms with van der Waals surface area (Å²) in [5.41, 5.74) is 2.13. The van der Waals surface area contributed by atoms with E-state index in [1.165, 1.54) is 54.6 Å². The molecule has 1 saturated heterocycles. The Balaban J connectivity index is 1.45. The van der Waals surface area contributed by atoms with E-state index in [4.69, 9.17) is 0 Å². The summed E-state index contributed by atoms with van der Waals surface area (Å²) in [6.45, 7) is 3.39. The maximum absolute atomic E-state index is 12.0. The fraction of sp³-hybridized carbons (Fsp3) is 0.438. The molecule has 8 heteroatoms. The standard InChI is InChI=1S/C16H20N4OS3/c1-22-15-18-19-16(24-15)23-11-14(21)17-13-6-4-12(5-7-13)10-20-8-2-3-9-20/h4-7H,2-3,8-11H2,1H3,(H,17,21). The van der Waals surface area contributed by atoms with Crippen molar-refractivity contribution in [1.29, 1.82) is 0 Å². The second-order valence-electron chi connectivity index (χ2n) is 5.56. The Morgan fingerprint density at radius 2 is 1.92 bits per heavy atom. The number of amides is 1. The third kappa shape index (κ3) is 5.20. The van der Waals surface area contributed by atoms with E-state index < -0.39 is 0 Å². The molecular weight excluding hydrogens is 360 g/mol. The van der Waals surface area contributed by atoms with Crippen LogP contribution in [0.3, 0.4) is 0 Å². The Labute approximate surface area is 154 Å². The molecule has 1 aliphatic heterocycles. The van der Waals surface area contributed by atoms with Crippen molar-refractivity contribution in [3.8, 4) is 0 Å². The lowest BCUT2D eigenvalue weighted by Gasteiger charge is -2.14. The van der Waals surface area contributed by atoms with Crippen LogP contribution in [-0.2, 0) is 11.3 Å². The average Bonchev–Trinajstić information content (AvgIpc) is 3.26. The van der Waals surface area contributed by atoms with Gasteiger partial charge in [0, 0.05) is 12.2 Å². The zero-order valence-electron chi connectivity index (χ0n) is 13.5. The molecule has 2 aromatic rings. The molecule has 1 fully saturated rings. The van der Waals surface area contributed by atoms with Crippen LogP contribution < -0.4 is 5.32 Å². The van der Waals surface area contributed by atoms with Crippen LogP contribution in [-0.4, -0.2) is 46.1 Å². The van der Waals surface area contributed by atoms with E-state index in [0.29, 0.717) is 5.75 Å². The van der Waals surface area contributed by atoms with E-state index in [9.17, 15) is 4.79 Å². The molecule has 0 spiro atoms. The van der Waals surface area contributed by atoms with E-state index in [-0.39, 0.29) is 5.91 Å². The molecule has 5 nitrogen and oxygen atoms in total. The summed E-state index contributed by atoms with van der Waals surface area (Å²) < 4.78 is 1.75. The van der Waals surface area contributed by atoms with Crippen LogP contribution >= 0.6 is 34.9 Å². The second kappa shape index (κ2) is 8.84. The predicted octanol–water partition coefficient (Wildman–Crippen LogP) is 3.59. The molecule has 0 unspecified atom stereocenters. The number of carbonyl (C=O) groups is 1. The predicted molar refractivity (Wildman–Crippen MR) is 102 cm³/mol. The van der Waals surface area contributed by atoms with Crippen molar-refractivity contribution in [3.63, 3.8) is 0 Å². The summed E-state index contributed by atoms with van der Waals surface area (Å²) in [5, 5.41) is 11.0. The SMILES string of the molecule is CSc1nnc(SCC(=O)Nc2ccc(CN3CCCC3)cc2)s1. The number of rotatable bonds is 7. The van der Waals surface area contributed by atoms with Crippen molar-refractivity contribution in [2.75, 3.05) is 30.4 Å². The van der Waals surface area contributed by atoms with Gasteiger partial charge in [-0.1, -0.05) is 47.0 Å². The van der Waals surface area contributed by atoms with Crippen LogP contribution in [0.1, 0.15) is 18.4 Å². The number of nitrogens with one attached hydrogen (secondary N) is 1. The lowest BCUT2D eigenvalue weighted by atomic mass is 10.2. The Bertz CT molecular complexity index is 668. The molecule has 1 aliphatic rings. The third-order valence-corrected chi connectivity index (χ3v) is 6.76. The van der Waals surface area contributed by atoms with Crippen LogP contribution in [0.5, 0.6) is 0 Å². The summed E-state index contributed by atoms with van der Waals surface area (Å²) >= 11 is 4.50. The van der Waals surface area contributed by atoms with Gasteiger partial charge in [-0.3, -0.25) is 9.69 Å². The molecule has 0 aliphatic carbocycles. The minimum Gasteiger partial charge on any atom is -0.325 e. The normalized spacial score (nSPS) is 14.9. The number of hydrogen-bond donors (Lipinski definition) is 1. The fourth-order valence-electron chi connectivity index (χ4n) is 2.55. The van der Waals surface area contributed by atoms with Crippen LogP contribution in [0.25, 0.3) is 0 Å². The van der Waals surface area contributed by atoms with E-state index in [2.05, 4.69) is 32.5 Å². The van der Waals surface area contributed by atoms with E-state index in [1.807, 2.05) is 18.4 Å². The van der Waals surface area contributed by atoms with E-state index in [0.717, 1.165) is 20.9 Å². The second-order valence-corrected chi connectivity index (χ2v) is 8.81. The highest BCUT2D eigenvalue weighted by molar-refractivity contribution is 8.03. The topological polar surface area (TPSA) is 58.1 Å². The van der Waals surface area contributed by atoms with Gasteiger partial charge in [0.05, 0.1) is 5.75 Å². The Morgan fingerprint density at radius 1 is 1.21 bits per heavy atom. The van der Waals surface area contributed by atoms with Crippen LogP contribution in [0.15, 0.2) is 32.9 Å². The van der Waals surface area contributed by atoms with Crippen molar-refractivity contribution >= 4 is 46.5 Å². The maximum atomic E-state index is 12.0. The Kier molecular flexibility index (Phi) is 6.53. The van der Waals surface area contributed by atoms with E-state index >= 15 is 0 Å². The monoisotopic (exact) mass is 380 g/mol. The molecule has 0 radical (unpaired) electrons. The quantitative estimate of drug-likeness (QED) is 0.741. The number of likely N-dealkylation sites (tertiary alicyclic amines) is 1. The number of thioether (sulfide) groups is 2. The number of anilines is 1. The third-order valence-electron chi connectivity index (χ3n) is 3.73. The number of hydrogen-bond acceptors (Lipinski definition) is 7. The molecule has 3 rings (SSSR count). The largest absolute Gasteiger partial charge is 0.325 e. The summed E-state index contributed by atoms with van der Waals surface area (Å²) in [6, 6.07) is 8.14. The van der Waals surface area contributed by atoms with Crippen LogP contribution in [0, 0.1) is 0 Å². The highest BCUT2D eigenvalue weighted by Crippen LogP contribution is 2.27. The van der Waals surface area contributed by atoms with Gasteiger partial charge in [0.1, 0.15) is 0 Å². The van der Waals surface area contributed by atoms with E-state index in [1.54, 1.807) is 11.8 Å². The molecule has 0 atom stereocenters. The zero-order valence-corrected chi connectivity index (χ0v) is 16.0. The molecule has 1 amide bonds. The molecule has 1 aromatic carbocycles. The van der Waals surface area contributed by atoms with Crippen molar-refractivity contribution in [3.05, 3.63) is 29.8 Å². The molecular formula is C16H20N4OS3. The molecule has 1 aromatic heterocycles. The minimum absolute atomic E-state index is 0.0202. The highest BCUT2D eigenvalue weighted by atomic mass is 32.2. The number of aromatic nitrogens is 2. The van der Waals surface area contributed by atoms with Gasteiger partial charge < -0.3 is 5.32 Å². The highest BCUT2D eigenvalue weighted by Gasteiger charge is 2.12. The molecule has 0 bridgehead atoms. The van der Waals surface area contributed by atoms with Gasteiger partial charge in [0.25, 0.3) is 0 Å². The number of nitrogens with zero attached hydrogens (tertiary/aromatic N) is 3.